The molecule has 92 valence electrons. The van der Waals surface area contributed by atoms with Crippen LogP contribution in [0.25, 0.3) is 0 Å². The molecule has 17 heavy (non-hydrogen) atoms. The number of nitrogens with zero attached hydrogens (tertiary/aromatic N) is 1. The Hall–Kier alpha value is -1.55. The average Bonchev–Trinajstić information content (AvgIpc) is 2.30. The highest BCUT2D eigenvalue weighted by molar-refractivity contribution is 5.89. The minimum absolute atomic E-state index is 0.370. The highest BCUT2D eigenvalue weighted by Crippen LogP contribution is 2.17. The molecule has 1 aromatic rings. The summed E-state index contributed by atoms with van der Waals surface area (Å²) in [6.45, 7) is 3.93. The van der Waals surface area contributed by atoms with E-state index in [9.17, 15) is 4.79 Å². The molecule has 1 aliphatic heterocycles. The number of hydrogen-bond donors (Lipinski definition) is 2. The van der Waals surface area contributed by atoms with Gasteiger partial charge in [0.05, 0.1) is 5.56 Å². The first kappa shape index (κ1) is 11.9. The fourth-order valence-electron chi connectivity index (χ4n) is 2.16. The monoisotopic (exact) mass is 234 g/mol. The van der Waals surface area contributed by atoms with Gasteiger partial charge in [0.1, 0.15) is 0 Å². The van der Waals surface area contributed by atoms with Crippen LogP contribution < -0.4 is 5.43 Å². The Balaban J connectivity index is 2.06. The van der Waals surface area contributed by atoms with E-state index in [0.717, 1.165) is 24.3 Å². The van der Waals surface area contributed by atoms with E-state index < -0.39 is 5.97 Å². The molecule has 0 radical (unpaired) electrons. The summed E-state index contributed by atoms with van der Waals surface area (Å²) in [5.74, 6) is -0.868. The second-order valence-electron chi connectivity index (χ2n) is 4.49. The maximum atomic E-state index is 10.9. The molecule has 2 N–H and O–H groups in total. The Morgan fingerprint density at radius 1 is 1.29 bits per heavy atom. The fraction of sp³-hybridized carbons (Fsp3) is 0.462. The maximum Gasteiger partial charge on any atom is 0.335 e. The number of nitrogens with one attached hydrogen (secondary N) is 1. The molecule has 0 bridgehead atoms. The Morgan fingerprint density at radius 3 is 2.59 bits per heavy atom. The van der Waals surface area contributed by atoms with E-state index in [0.29, 0.717) is 5.56 Å². The van der Waals surface area contributed by atoms with Crippen LogP contribution in [0.5, 0.6) is 0 Å². The number of hydrogen-bond acceptors (Lipinski definition) is 3. The van der Waals surface area contributed by atoms with Gasteiger partial charge in [0.2, 0.25) is 0 Å². The van der Waals surface area contributed by atoms with Crippen molar-refractivity contribution in [1.29, 1.82) is 0 Å². The molecule has 1 saturated heterocycles. The third-order valence-corrected chi connectivity index (χ3v) is 3.10. The van der Waals surface area contributed by atoms with Crippen LogP contribution in [0.1, 0.15) is 35.2 Å². The summed E-state index contributed by atoms with van der Waals surface area (Å²) in [6, 6.07) is 5.37. The van der Waals surface area contributed by atoms with Crippen LogP contribution in [-0.4, -0.2) is 29.2 Å². The topological polar surface area (TPSA) is 52.6 Å². The number of aromatic carboxylic acids is 1. The van der Waals surface area contributed by atoms with Gasteiger partial charge in [0, 0.05) is 18.8 Å². The standard InChI is InChI=1S/C13H18N2O2/c1-10-9-11(5-6-12(10)13(16)17)14-15-7-3-2-4-8-15/h5-6,9,14H,2-4,7-8H2,1H3,(H,16,17). The molecule has 0 unspecified atom stereocenters. The van der Waals surface area contributed by atoms with Crippen LogP contribution in [0.2, 0.25) is 0 Å². The number of hydrazine groups is 1. The lowest BCUT2D eigenvalue weighted by molar-refractivity contribution is 0.0696. The predicted molar refractivity (Wildman–Crippen MR) is 67.2 cm³/mol. The SMILES string of the molecule is Cc1cc(NN2CCCCC2)ccc1C(=O)O. The minimum atomic E-state index is -0.868. The zero-order valence-corrected chi connectivity index (χ0v) is 10.1. The maximum absolute atomic E-state index is 10.9. The lowest BCUT2D eigenvalue weighted by atomic mass is 10.1. The summed E-state index contributed by atoms with van der Waals surface area (Å²) in [5, 5.41) is 11.1. The lowest BCUT2D eigenvalue weighted by Crippen LogP contribution is -2.34. The third-order valence-electron chi connectivity index (χ3n) is 3.10. The third kappa shape index (κ3) is 2.97. The Labute approximate surface area is 101 Å². The van der Waals surface area contributed by atoms with Crippen molar-refractivity contribution in [3.05, 3.63) is 29.3 Å². The van der Waals surface area contributed by atoms with E-state index in [1.807, 2.05) is 19.1 Å². The van der Waals surface area contributed by atoms with E-state index in [1.165, 1.54) is 19.3 Å². The normalized spacial score (nSPS) is 16.8. The van der Waals surface area contributed by atoms with Gasteiger partial charge in [-0.2, -0.15) is 0 Å². The number of carboxylic acids is 1. The molecule has 0 aliphatic carbocycles. The highest BCUT2D eigenvalue weighted by atomic mass is 16.4. The minimum Gasteiger partial charge on any atom is -0.478 e. The molecule has 1 heterocycles. The number of rotatable bonds is 3. The van der Waals surface area contributed by atoms with E-state index in [-0.39, 0.29) is 0 Å². The molecular weight excluding hydrogens is 216 g/mol. The number of carboxylic acid groups (broad SMARTS) is 1. The van der Waals surface area contributed by atoms with Gasteiger partial charge >= 0.3 is 5.97 Å². The van der Waals surface area contributed by atoms with Crippen molar-refractivity contribution >= 4 is 11.7 Å². The lowest BCUT2D eigenvalue weighted by Gasteiger charge is -2.28. The Kier molecular flexibility index (Phi) is 3.64. The molecule has 2 rings (SSSR count). The van der Waals surface area contributed by atoms with Gasteiger partial charge < -0.3 is 10.5 Å². The number of piperidine rings is 1. The van der Waals surface area contributed by atoms with E-state index in [2.05, 4.69) is 10.4 Å². The Bertz CT molecular complexity index is 412. The second-order valence-corrected chi connectivity index (χ2v) is 4.49. The van der Waals surface area contributed by atoms with Gasteiger partial charge in [0.15, 0.2) is 0 Å². The van der Waals surface area contributed by atoms with Crippen molar-refractivity contribution in [3.8, 4) is 0 Å². The van der Waals surface area contributed by atoms with Crippen LogP contribution in [-0.2, 0) is 0 Å². The average molecular weight is 234 g/mol. The summed E-state index contributed by atoms with van der Waals surface area (Å²) in [7, 11) is 0. The molecule has 1 fully saturated rings. The van der Waals surface area contributed by atoms with Crippen molar-refractivity contribution in [2.24, 2.45) is 0 Å². The number of aryl methyl sites for hydroxylation is 1. The Morgan fingerprint density at radius 2 is 2.00 bits per heavy atom. The summed E-state index contributed by atoms with van der Waals surface area (Å²) < 4.78 is 0. The molecule has 0 aromatic heterocycles. The van der Waals surface area contributed by atoms with Gasteiger partial charge in [0.25, 0.3) is 0 Å². The molecule has 1 aromatic carbocycles. The molecule has 0 amide bonds. The van der Waals surface area contributed by atoms with Gasteiger partial charge in [-0.05, 0) is 43.5 Å². The summed E-state index contributed by atoms with van der Waals surface area (Å²) in [5.41, 5.74) is 5.46. The zero-order chi connectivity index (χ0) is 12.3. The largest absolute Gasteiger partial charge is 0.478 e. The van der Waals surface area contributed by atoms with Crippen LogP contribution in [0.3, 0.4) is 0 Å². The molecular formula is C13H18N2O2. The van der Waals surface area contributed by atoms with E-state index in [1.54, 1.807) is 6.07 Å². The van der Waals surface area contributed by atoms with Crippen molar-refractivity contribution in [1.82, 2.24) is 5.01 Å². The first-order valence-corrected chi connectivity index (χ1v) is 6.02. The van der Waals surface area contributed by atoms with Gasteiger partial charge in [-0.3, -0.25) is 0 Å². The molecule has 1 aliphatic rings. The predicted octanol–water partition coefficient (Wildman–Crippen LogP) is 2.51. The first-order valence-electron chi connectivity index (χ1n) is 6.02. The second kappa shape index (κ2) is 5.19. The summed E-state index contributed by atoms with van der Waals surface area (Å²) in [4.78, 5) is 10.9. The van der Waals surface area contributed by atoms with Crippen LogP contribution in [0, 0.1) is 6.92 Å². The van der Waals surface area contributed by atoms with Crippen LogP contribution >= 0.6 is 0 Å². The van der Waals surface area contributed by atoms with Crippen molar-refractivity contribution in [2.45, 2.75) is 26.2 Å². The van der Waals surface area contributed by atoms with E-state index in [4.69, 9.17) is 5.11 Å². The quantitative estimate of drug-likeness (QED) is 0.843. The van der Waals surface area contributed by atoms with E-state index >= 15 is 0 Å². The molecule has 4 heteroatoms. The molecule has 4 nitrogen and oxygen atoms in total. The first-order chi connectivity index (χ1) is 8.16. The summed E-state index contributed by atoms with van der Waals surface area (Å²) in [6.07, 6.45) is 3.74. The van der Waals surface area contributed by atoms with Crippen LogP contribution in [0.4, 0.5) is 5.69 Å². The molecule has 0 atom stereocenters. The number of anilines is 1. The van der Waals surface area contributed by atoms with Gasteiger partial charge in [-0.15, -0.1) is 0 Å². The molecule has 0 saturated carbocycles. The number of benzene rings is 1. The number of carbonyl (C=O) groups is 1. The van der Waals surface area contributed by atoms with Crippen molar-refractivity contribution in [3.63, 3.8) is 0 Å². The summed E-state index contributed by atoms with van der Waals surface area (Å²) >= 11 is 0. The highest BCUT2D eigenvalue weighted by Gasteiger charge is 2.11. The van der Waals surface area contributed by atoms with Crippen molar-refractivity contribution < 1.29 is 9.90 Å². The molecule has 0 spiro atoms. The van der Waals surface area contributed by atoms with Crippen molar-refractivity contribution in [2.75, 3.05) is 18.5 Å². The van der Waals surface area contributed by atoms with Gasteiger partial charge in [-0.1, -0.05) is 6.42 Å². The fourth-order valence-corrected chi connectivity index (χ4v) is 2.16. The van der Waals surface area contributed by atoms with Gasteiger partial charge in [-0.25, -0.2) is 9.80 Å². The smallest absolute Gasteiger partial charge is 0.335 e. The van der Waals surface area contributed by atoms with Crippen LogP contribution in [0.15, 0.2) is 18.2 Å². The zero-order valence-electron chi connectivity index (χ0n) is 10.1.